The molecule has 1 N–H and O–H groups in total. The number of fused-ring (bicyclic) bond motifs is 1. The number of nitrogens with zero attached hydrogens (tertiary/aromatic N) is 2. The Labute approximate surface area is 179 Å². The molecule has 0 spiro atoms. The molecule has 1 aliphatic heterocycles. The van der Waals surface area contributed by atoms with E-state index >= 15 is 0 Å². The number of ether oxygens (including phenoxy) is 1. The predicted octanol–water partition coefficient (Wildman–Crippen LogP) is 2.31. The molecule has 160 valence electrons. The van der Waals surface area contributed by atoms with E-state index in [2.05, 4.69) is 11.9 Å². The van der Waals surface area contributed by atoms with Crippen LogP contribution in [0.5, 0.6) is 0 Å². The molecule has 1 fully saturated rings. The standard InChI is InChI=1S/C24H25N3O4/c1-2-13-26-20-7-3-4-8-21(20)27(24(30)23(26)29)16-17-9-11-18(12-10-17)22(28)25-15-19-6-5-14-31-19/h2-4,7-12,19H,1,5-6,13-16H2,(H,25,28)/t19-/m1/s1. The van der Waals surface area contributed by atoms with Crippen LogP contribution in [0, 0.1) is 0 Å². The fourth-order valence-corrected chi connectivity index (χ4v) is 3.90. The van der Waals surface area contributed by atoms with E-state index in [1.165, 1.54) is 9.13 Å². The molecule has 1 atom stereocenters. The molecule has 31 heavy (non-hydrogen) atoms. The molecule has 2 aromatic carbocycles. The van der Waals surface area contributed by atoms with Crippen LogP contribution >= 0.6 is 0 Å². The molecule has 4 rings (SSSR count). The van der Waals surface area contributed by atoms with Gasteiger partial charge in [-0.1, -0.05) is 30.3 Å². The summed E-state index contributed by atoms with van der Waals surface area (Å²) in [5.74, 6) is -0.156. The maximum absolute atomic E-state index is 12.8. The van der Waals surface area contributed by atoms with Gasteiger partial charge in [-0.15, -0.1) is 6.58 Å². The first-order chi connectivity index (χ1) is 15.1. The average Bonchev–Trinajstić information content (AvgIpc) is 3.32. The third-order valence-corrected chi connectivity index (χ3v) is 5.52. The van der Waals surface area contributed by atoms with Gasteiger partial charge in [-0.05, 0) is 42.7 Å². The molecule has 0 radical (unpaired) electrons. The molecule has 2 heterocycles. The third kappa shape index (κ3) is 4.36. The van der Waals surface area contributed by atoms with Gasteiger partial charge >= 0.3 is 11.1 Å². The number of amides is 1. The number of hydrogen-bond acceptors (Lipinski definition) is 4. The third-order valence-electron chi connectivity index (χ3n) is 5.52. The van der Waals surface area contributed by atoms with Gasteiger partial charge in [0.05, 0.1) is 23.7 Å². The zero-order chi connectivity index (χ0) is 21.8. The Bertz CT molecular complexity index is 1220. The van der Waals surface area contributed by atoms with Crippen LogP contribution in [0.1, 0.15) is 28.8 Å². The molecular formula is C24H25N3O4. The Morgan fingerprint density at radius 3 is 2.39 bits per heavy atom. The minimum atomic E-state index is -0.584. The highest BCUT2D eigenvalue weighted by molar-refractivity contribution is 5.94. The Kier molecular flexibility index (Phi) is 6.13. The van der Waals surface area contributed by atoms with Crippen molar-refractivity contribution in [3.05, 3.63) is 93.0 Å². The Morgan fingerprint density at radius 2 is 1.74 bits per heavy atom. The summed E-state index contributed by atoms with van der Waals surface area (Å²) in [5, 5.41) is 2.90. The van der Waals surface area contributed by atoms with Gasteiger partial charge in [0, 0.05) is 25.3 Å². The molecule has 3 aromatic rings. The number of carbonyl (C=O) groups is 1. The van der Waals surface area contributed by atoms with Crippen LogP contribution in [0.2, 0.25) is 0 Å². The van der Waals surface area contributed by atoms with Crippen LogP contribution in [0.15, 0.2) is 70.8 Å². The number of para-hydroxylation sites is 2. The lowest BCUT2D eigenvalue weighted by Crippen LogP contribution is -2.41. The maximum atomic E-state index is 12.8. The van der Waals surface area contributed by atoms with E-state index in [0.29, 0.717) is 23.1 Å². The number of benzene rings is 2. The van der Waals surface area contributed by atoms with E-state index in [1.54, 1.807) is 30.3 Å². The molecule has 1 amide bonds. The Morgan fingerprint density at radius 1 is 1.06 bits per heavy atom. The van der Waals surface area contributed by atoms with Crippen LogP contribution in [0.4, 0.5) is 0 Å². The van der Waals surface area contributed by atoms with E-state index in [1.807, 2.05) is 24.3 Å². The van der Waals surface area contributed by atoms with Gasteiger partial charge in [0.25, 0.3) is 5.91 Å². The number of hydrogen-bond donors (Lipinski definition) is 1. The van der Waals surface area contributed by atoms with Crippen molar-refractivity contribution in [2.45, 2.75) is 32.0 Å². The van der Waals surface area contributed by atoms with Crippen LogP contribution in [0.3, 0.4) is 0 Å². The molecular weight excluding hydrogens is 394 g/mol. The smallest absolute Gasteiger partial charge is 0.317 e. The van der Waals surface area contributed by atoms with E-state index in [9.17, 15) is 14.4 Å². The van der Waals surface area contributed by atoms with Gasteiger partial charge in [-0.25, -0.2) is 0 Å². The lowest BCUT2D eigenvalue weighted by Gasteiger charge is -2.14. The maximum Gasteiger partial charge on any atom is 0.317 e. The fraction of sp³-hybridized carbons (Fsp3) is 0.292. The summed E-state index contributed by atoms with van der Waals surface area (Å²) in [5.41, 5.74) is 1.55. The molecule has 7 heteroatoms. The second-order valence-corrected chi connectivity index (χ2v) is 7.63. The summed E-state index contributed by atoms with van der Waals surface area (Å²) in [7, 11) is 0. The van der Waals surface area contributed by atoms with E-state index in [0.717, 1.165) is 25.0 Å². The quantitative estimate of drug-likeness (QED) is 0.471. The predicted molar refractivity (Wildman–Crippen MR) is 120 cm³/mol. The lowest BCUT2D eigenvalue weighted by atomic mass is 10.1. The van der Waals surface area contributed by atoms with Crippen molar-refractivity contribution in [1.29, 1.82) is 0 Å². The lowest BCUT2D eigenvalue weighted by molar-refractivity contribution is 0.0858. The highest BCUT2D eigenvalue weighted by Gasteiger charge is 2.17. The summed E-state index contributed by atoms with van der Waals surface area (Å²) in [4.78, 5) is 37.8. The second kappa shape index (κ2) is 9.14. The summed E-state index contributed by atoms with van der Waals surface area (Å²) < 4.78 is 8.43. The largest absolute Gasteiger partial charge is 0.376 e. The number of nitrogens with one attached hydrogen (secondary N) is 1. The van der Waals surface area contributed by atoms with Gasteiger partial charge in [0.2, 0.25) is 0 Å². The zero-order valence-corrected chi connectivity index (χ0v) is 17.3. The summed E-state index contributed by atoms with van der Waals surface area (Å²) in [6.45, 7) is 5.43. The van der Waals surface area contributed by atoms with Crippen LogP contribution in [-0.2, 0) is 17.8 Å². The zero-order valence-electron chi connectivity index (χ0n) is 17.3. The number of aromatic nitrogens is 2. The van der Waals surface area contributed by atoms with E-state index in [-0.39, 0.29) is 25.1 Å². The number of rotatable bonds is 7. The van der Waals surface area contributed by atoms with E-state index < -0.39 is 11.1 Å². The Balaban J connectivity index is 1.57. The van der Waals surface area contributed by atoms with Crippen molar-refractivity contribution >= 4 is 16.9 Å². The van der Waals surface area contributed by atoms with Gasteiger partial charge < -0.3 is 10.1 Å². The molecule has 1 aliphatic rings. The molecule has 0 bridgehead atoms. The molecule has 1 aromatic heterocycles. The first-order valence-electron chi connectivity index (χ1n) is 10.4. The van der Waals surface area contributed by atoms with Crippen molar-refractivity contribution in [1.82, 2.24) is 14.5 Å². The van der Waals surface area contributed by atoms with Gasteiger partial charge in [0.15, 0.2) is 0 Å². The fourth-order valence-electron chi connectivity index (χ4n) is 3.90. The minimum absolute atomic E-state index is 0.0894. The first kappa shape index (κ1) is 20.8. The van der Waals surface area contributed by atoms with Gasteiger partial charge in [-0.3, -0.25) is 23.5 Å². The van der Waals surface area contributed by atoms with Crippen molar-refractivity contribution in [2.24, 2.45) is 0 Å². The first-order valence-corrected chi connectivity index (χ1v) is 10.4. The summed E-state index contributed by atoms with van der Waals surface area (Å²) >= 11 is 0. The van der Waals surface area contributed by atoms with Crippen molar-refractivity contribution in [2.75, 3.05) is 13.2 Å². The molecule has 0 aliphatic carbocycles. The summed E-state index contributed by atoms with van der Waals surface area (Å²) in [6.07, 6.45) is 3.68. The van der Waals surface area contributed by atoms with Gasteiger partial charge in [0.1, 0.15) is 0 Å². The monoisotopic (exact) mass is 419 g/mol. The Hall–Kier alpha value is -3.45. The van der Waals surface area contributed by atoms with Gasteiger partial charge in [-0.2, -0.15) is 0 Å². The topological polar surface area (TPSA) is 82.3 Å². The highest BCUT2D eigenvalue weighted by atomic mass is 16.5. The van der Waals surface area contributed by atoms with Crippen molar-refractivity contribution in [3.63, 3.8) is 0 Å². The molecule has 0 saturated carbocycles. The molecule has 1 saturated heterocycles. The van der Waals surface area contributed by atoms with Crippen molar-refractivity contribution in [3.8, 4) is 0 Å². The number of carbonyl (C=O) groups excluding carboxylic acids is 1. The number of allylic oxidation sites excluding steroid dienone is 1. The van der Waals surface area contributed by atoms with Crippen LogP contribution < -0.4 is 16.4 Å². The normalized spacial score (nSPS) is 15.8. The molecule has 0 unspecified atom stereocenters. The van der Waals surface area contributed by atoms with Crippen LogP contribution in [0.25, 0.3) is 11.0 Å². The highest BCUT2D eigenvalue weighted by Crippen LogP contribution is 2.14. The SMILES string of the molecule is C=CCn1c(=O)c(=O)n(Cc2ccc(C(=O)NC[C@H]3CCCO3)cc2)c2ccccc21. The minimum Gasteiger partial charge on any atom is -0.376 e. The van der Waals surface area contributed by atoms with E-state index in [4.69, 9.17) is 4.74 Å². The summed E-state index contributed by atoms with van der Waals surface area (Å²) in [6, 6.07) is 14.4. The molecule has 7 nitrogen and oxygen atoms in total. The second-order valence-electron chi connectivity index (χ2n) is 7.63. The van der Waals surface area contributed by atoms with Crippen LogP contribution in [-0.4, -0.2) is 34.3 Å². The average molecular weight is 419 g/mol. The van der Waals surface area contributed by atoms with Crippen molar-refractivity contribution < 1.29 is 9.53 Å².